The van der Waals surface area contributed by atoms with Gasteiger partial charge in [-0.25, -0.2) is 0 Å². The Hall–Kier alpha value is -0.930. The molecular formula is C15H24ClN3. The number of rotatable bonds is 5. The predicted molar refractivity (Wildman–Crippen MR) is 84.5 cm³/mol. The van der Waals surface area contributed by atoms with Crippen molar-refractivity contribution in [2.75, 3.05) is 30.9 Å². The monoisotopic (exact) mass is 281 g/mol. The summed E-state index contributed by atoms with van der Waals surface area (Å²) in [5.41, 5.74) is 2.29. The van der Waals surface area contributed by atoms with E-state index >= 15 is 0 Å². The normalized spacial score (nSPS) is 20.3. The summed E-state index contributed by atoms with van der Waals surface area (Å²) < 4.78 is 0. The molecule has 2 N–H and O–H groups in total. The lowest BCUT2D eigenvalue weighted by molar-refractivity contribution is 0.523. The number of halogens is 1. The lowest BCUT2D eigenvalue weighted by Gasteiger charge is -2.24. The molecule has 1 aromatic carbocycles. The summed E-state index contributed by atoms with van der Waals surface area (Å²) in [5, 5.41) is 7.92. The van der Waals surface area contributed by atoms with Crippen molar-refractivity contribution >= 4 is 23.0 Å². The zero-order valence-corrected chi connectivity index (χ0v) is 12.8. The van der Waals surface area contributed by atoms with Crippen LogP contribution in [-0.4, -0.2) is 32.7 Å². The first-order valence-corrected chi connectivity index (χ1v) is 7.41. The van der Waals surface area contributed by atoms with Gasteiger partial charge in [-0.05, 0) is 50.9 Å². The summed E-state index contributed by atoms with van der Waals surface area (Å²) in [7, 11) is 4.11. The van der Waals surface area contributed by atoms with E-state index in [9.17, 15) is 0 Å². The minimum Gasteiger partial charge on any atom is -0.381 e. The molecule has 1 heterocycles. The van der Waals surface area contributed by atoms with E-state index in [1.54, 1.807) is 0 Å². The third kappa shape index (κ3) is 4.02. The standard InChI is InChI=1S/C15H24ClN3/c1-11(9-13-5-4-8-17-13)18-14-10-12(16)6-7-15(14)19(2)3/h6-7,10-11,13,17-18H,4-5,8-9H2,1-3H3. The van der Waals surface area contributed by atoms with Crippen molar-refractivity contribution in [1.82, 2.24) is 5.32 Å². The quantitative estimate of drug-likeness (QED) is 0.867. The molecule has 4 heteroatoms. The fourth-order valence-corrected chi connectivity index (χ4v) is 2.90. The molecule has 2 rings (SSSR count). The average Bonchev–Trinajstić information content (AvgIpc) is 2.81. The maximum absolute atomic E-state index is 6.10. The Labute approximate surface area is 121 Å². The van der Waals surface area contributed by atoms with E-state index < -0.39 is 0 Å². The smallest absolute Gasteiger partial charge is 0.0597 e. The van der Waals surface area contributed by atoms with Crippen LogP contribution < -0.4 is 15.5 Å². The molecule has 2 unspecified atom stereocenters. The Morgan fingerprint density at radius 2 is 2.26 bits per heavy atom. The zero-order chi connectivity index (χ0) is 13.8. The van der Waals surface area contributed by atoms with Gasteiger partial charge in [-0.2, -0.15) is 0 Å². The number of anilines is 2. The van der Waals surface area contributed by atoms with Gasteiger partial charge >= 0.3 is 0 Å². The van der Waals surface area contributed by atoms with Crippen LogP contribution in [0.1, 0.15) is 26.2 Å². The van der Waals surface area contributed by atoms with Gasteiger partial charge in [-0.3, -0.25) is 0 Å². The fraction of sp³-hybridized carbons (Fsp3) is 0.600. The number of nitrogens with zero attached hydrogens (tertiary/aromatic N) is 1. The van der Waals surface area contributed by atoms with Crippen LogP contribution in [0.2, 0.25) is 5.02 Å². The highest BCUT2D eigenvalue weighted by Crippen LogP contribution is 2.29. The van der Waals surface area contributed by atoms with Crippen LogP contribution in [0.5, 0.6) is 0 Å². The molecule has 0 radical (unpaired) electrons. The summed E-state index contributed by atoms with van der Waals surface area (Å²) in [6, 6.07) is 7.10. The molecule has 1 aliphatic rings. The predicted octanol–water partition coefficient (Wildman–Crippen LogP) is 3.35. The van der Waals surface area contributed by atoms with Crippen LogP contribution in [0.15, 0.2) is 18.2 Å². The van der Waals surface area contributed by atoms with E-state index in [4.69, 9.17) is 11.6 Å². The third-order valence-corrected chi connectivity index (χ3v) is 3.88. The average molecular weight is 282 g/mol. The van der Waals surface area contributed by atoms with Crippen LogP contribution in [0.3, 0.4) is 0 Å². The van der Waals surface area contributed by atoms with Crippen molar-refractivity contribution in [1.29, 1.82) is 0 Å². The largest absolute Gasteiger partial charge is 0.381 e. The van der Waals surface area contributed by atoms with E-state index in [1.807, 2.05) is 12.1 Å². The second kappa shape index (κ2) is 6.49. The van der Waals surface area contributed by atoms with Crippen LogP contribution >= 0.6 is 11.6 Å². The zero-order valence-electron chi connectivity index (χ0n) is 12.0. The van der Waals surface area contributed by atoms with Gasteiger partial charge in [0.1, 0.15) is 0 Å². The van der Waals surface area contributed by atoms with Gasteiger partial charge in [-0.15, -0.1) is 0 Å². The van der Waals surface area contributed by atoms with Crippen molar-refractivity contribution in [2.24, 2.45) is 0 Å². The first kappa shape index (κ1) is 14.5. The van der Waals surface area contributed by atoms with Gasteiger partial charge in [0.15, 0.2) is 0 Å². The Bertz CT molecular complexity index is 414. The van der Waals surface area contributed by atoms with Crippen molar-refractivity contribution < 1.29 is 0 Å². The van der Waals surface area contributed by atoms with Crippen molar-refractivity contribution in [2.45, 2.75) is 38.3 Å². The summed E-state index contributed by atoms with van der Waals surface area (Å²) in [4.78, 5) is 2.11. The highest BCUT2D eigenvalue weighted by Gasteiger charge is 2.17. The highest BCUT2D eigenvalue weighted by molar-refractivity contribution is 6.31. The number of hydrogen-bond acceptors (Lipinski definition) is 3. The van der Waals surface area contributed by atoms with E-state index in [-0.39, 0.29) is 0 Å². The lowest BCUT2D eigenvalue weighted by atomic mass is 10.1. The second-order valence-electron chi connectivity index (χ2n) is 5.63. The molecule has 1 fully saturated rings. The summed E-state index contributed by atoms with van der Waals surface area (Å²) in [5.74, 6) is 0. The van der Waals surface area contributed by atoms with Gasteiger partial charge in [0, 0.05) is 31.2 Å². The number of hydrogen-bond donors (Lipinski definition) is 2. The second-order valence-corrected chi connectivity index (χ2v) is 6.07. The van der Waals surface area contributed by atoms with Gasteiger partial charge < -0.3 is 15.5 Å². The molecule has 0 aliphatic carbocycles. The molecule has 106 valence electrons. The molecule has 0 spiro atoms. The Kier molecular flexibility index (Phi) is 4.94. The molecule has 0 saturated carbocycles. The Balaban J connectivity index is 2.02. The number of benzene rings is 1. The molecule has 0 amide bonds. The molecule has 1 aromatic rings. The summed E-state index contributed by atoms with van der Waals surface area (Å²) in [6.07, 6.45) is 3.75. The molecule has 3 nitrogen and oxygen atoms in total. The van der Waals surface area contributed by atoms with Crippen LogP contribution in [-0.2, 0) is 0 Å². The summed E-state index contributed by atoms with van der Waals surface area (Å²) >= 11 is 6.10. The van der Waals surface area contributed by atoms with Crippen molar-refractivity contribution in [3.63, 3.8) is 0 Å². The van der Waals surface area contributed by atoms with Gasteiger partial charge in [0.25, 0.3) is 0 Å². The topological polar surface area (TPSA) is 27.3 Å². The highest BCUT2D eigenvalue weighted by atomic mass is 35.5. The molecule has 19 heavy (non-hydrogen) atoms. The first-order chi connectivity index (χ1) is 9.06. The van der Waals surface area contributed by atoms with Gasteiger partial charge in [-0.1, -0.05) is 11.6 Å². The molecule has 0 bridgehead atoms. The minimum absolute atomic E-state index is 0.438. The molecule has 1 saturated heterocycles. The van der Waals surface area contributed by atoms with Gasteiger partial charge in [0.05, 0.1) is 11.4 Å². The molecule has 0 aromatic heterocycles. The maximum atomic E-state index is 6.10. The minimum atomic E-state index is 0.438. The van der Waals surface area contributed by atoms with E-state index in [0.29, 0.717) is 12.1 Å². The number of nitrogens with one attached hydrogen (secondary N) is 2. The maximum Gasteiger partial charge on any atom is 0.0597 e. The van der Waals surface area contributed by atoms with Crippen molar-refractivity contribution in [3.8, 4) is 0 Å². The Morgan fingerprint density at radius 3 is 2.89 bits per heavy atom. The first-order valence-electron chi connectivity index (χ1n) is 7.03. The fourth-order valence-electron chi connectivity index (χ4n) is 2.72. The van der Waals surface area contributed by atoms with E-state index in [1.165, 1.54) is 18.5 Å². The van der Waals surface area contributed by atoms with Crippen LogP contribution in [0.4, 0.5) is 11.4 Å². The van der Waals surface area contributed by atoms with Crippen molar-refractivity contribution in [3.05, 3.63) is 23.2 Å². The van der Waals surface area contributed by atoms with E-state index in [0.717, 1.165) is 23.7 Å². The lowest BCUT2D eigenvalue weighted by Crippen LogP contribution is -2.29. The van der Waals surface area contributed by atoms with E-state index in [2.05, 4.69) is 42.6 Å². The summed E-state index contributed by atoms with van der Waals surface area (Å²) in [6.45, 7) is 3.40. The molecule has 2 atom stereocenters. The van der Waals surface area contributed by atoms with Crippen LogP contribution in [0.25, 0.3) is 0 Å². The molecular weight excluding hydrogens is 258 g/mol. The third-order valence-electron chi connectivity index (χ3n) is 3.64. The SMILES string of the molecule is CC(CC1CCCN1)Nc1cc(Cl)ccc1N(C)C. The van der Waals surface area contributed by atoms with Crippen LogP contribution in [0, 0.1) is 0 Å². The Morgan fingerprint density at radius 1 is 1.47 bits per heavy atom. The van der Waals surface area contributed by atoms with Gasteiger partial charge in [0.2, 0.25) is 0 Å². The molecule has 1 aliphatic heterocycles.